The van der Waals surface area contributed by atoms with Gasteiger partial charge in [-0.3, -0.25) is 9.78 Å². The maximum atomic E-state index is 10.9. The minimum atomic E-state index is -0.481. The van der Waals surface area contributed by atoms with Crippen molar-refractivity contribution >= 4 is 23.7 Å². The Balaban J connectivity index is 2.93. The molecule has 0 N–H and O–H groups in total. The molecule has 1 heterocycles. The fraction of sp³-hybridized carbons (Fsp3) is 0.125. The summed E-state index contributed by atoms with van der Waals surface area (Å²) in [4.78, 5) is 25.3. The highest BCUT2D eigenvalue weighted by Crippen LogP contribution is 2.03. The number of ether oxygens (including phenoxy) is 1. The summed E-state index contributed by atoms with van der Waals surface area (Å²) in [6.45, 7) is 0. The first-order chi connectivity index (χ1) is 6.15. The molecule has 0 radical (unpaired) electrons. The van der Waals surface area contributed by atoms with Crippen LogP contribution in [0.4, 0.5) is 0 Å². The largest absolute Gasteiger partial charge is 0.465 e. The van der Waals surface area contributed by atoms with E-state index in [2.05, 4.69) is 22.3 Å². The molecule has 5 heteroatoms. The molecule has 0 bridgehead atoms. The molecule has 0 saturated carbocycles. The van der Waals surface area contributed by atoms with Crippen molar-refractivity contribution < 1.29 is 14.3 Å². The van der Waals surface area contributed by atoms with Crippen LogP contribution in [0.2, 0.25) is 0 Å². The van der Waals surface area contributed by atoms with Gasteiger partial charge in [-0.2, -0.15) is 0 Å². The molecule has 13 heavy (non-hydrogen) atoms. The average molecular weight is 197 g/mol. The molecule has 0 aliphatic carbocycles. The predicted molar refractivity (Wildman–Crippen MR) is 48.9 cm³/mol. The zero-order chi connectivity index (χ0) is 9.84. The van der Waals surface area contributed by atoms with Gasteiger partial charge >= 0.3 is 5.97 Å². The molecule has 0 aliphatic heterocycles. The second kappa shape index (κ2) is 4.04. The Kier molecular flexibility index (Phi) is 3.02. The highest BCUT2D eigenvalue weighted by Gasteiger charge is 2.07. The maximum Gasteiger partial charge on any atom is 0.339 e. The average Bonchev–Trinajstić information content (AvgIpc) is 2.17. The molecule has 4 nitrogen and oxygen atoms in total. The zero-order valence-electron chi connectivity index (χ0n) is 6.85. The first kappa shape index (κ1) is 9.73. The van der Waals surface area contributed by atoms with E-state index in [4.69, 9.17) is 0 Å². The van der Waals surface area contributed by atoms with Gasteiger partial charge in [-0.25, -0.2) is 4.79 Å². The van der Waals surface area contributed by atoms with Gasteiger partial charge in [0.15, 0.2) is 0 Å². The van der Waals surface area contributed by atoms with Crippen molar-refractivity contribution in [1.29, 1.82) is 0 Å². The summed E-state index contributed by atoms with van der Waals surface area (Å²) in [7, 11) is 1.28. The molecule has 1 rings (SSSR count). The number of pyridine rings is 1. The van der Waals surface area contributed by atoms with Crippen molar-refractivity contribution in [1.82, 2.24) is 4.98 Å². The smallest absolute Gasteiger partial charge is 0.339 e. The number of aromatic nitrogens is 1. The molecule has 0 amide bonds. The van der Waals surface area contributed by atoms with Gasteiger partial charge in [0.25, 0.3) is 0 Å². The van der Waals surface area contributed by atoms with Gasteiger partial charge in [0.05, 0.1) is 12.7 Å². The van der Waals surface area contributed by atoms with E-state index >= 15 is 0 Å². The van der Waals surface area contributed by atoms with Crippen LogP contribution in [0.15, 0.2) is 18.3 Å². The Morgan fingerprint density at radius 3 is 2.54 bits per heavy atom. The molecule has 0 saturated heterocycles. The lowest BCUT2D eigenvalue weighted by molar-refractivity contribution is 0.0600. The number of hydrogen-bond acceptors (Lipinski definition) is 4. The van der Waals surface area contributed by atoms with E-state index in [0.717, 1.165) is 0 Å². The molecule has 0 atom stereocenters. The van der Waals surface area contributed by atoms with E-state index in [9.17, 15) is 9.59 Å². The normalized spacial score (nSPS) is 9.38. The summed E-state index contributed by atoms with van der Waals surface area (Å²) < 4.78 is 4.45. The first-order valence-corrected chi connectivity index (χ1v) is 3.87. The number of rotatable bonds is 2. The SMILES string of the molecule is COC(=O)c1ccc(C(=O)S)nc1. The Bertz CT molecular complexity index is 334. The van der Waals surface area contributed by atoms with E-state index in [1.54, 1.807) is 0 Å². The number of carbonyl (C=O) groups excluding carboxylic acids is 2. The summed E-state index contributed by atoms with van der Waals surface area (Å²) in [6.07, 6.45) is 1.27. The van der Waals surface area contributed by atoms with Crippen LogP contribution in [-0.4, -0.2) is 23.2 Å². The summed E-state index contributed by atoms with van der Waals surface area (Å²) in [5, 5.41) is -0.434. The van der Waals surface area contributed by atoms with Gasteiger partial charge in [0.1, 0.15) is 5.69 Å². The highest BCUT2D eigenvalue weighted by molar-refractivity contribution is 7.97. The Hall–Kier alpha value is -1.36. The van der Waals surface area contributed by atoms with Crippen LogP contribution in [0.3, 0.4) is 0 Å². The third kappa shape index (κ3) is 2.29. The fourth-order valence-electron chi connectivity index (χ4n) is 0.759. The lowest BCUT2D eigenvalue weighted by Gasteiger charge is -1.98. The third-order valence-corrected chi connectivity index (χ3v) is 1.63. The van der Waals surface area contributed by atoms with E-state index in [0.29, 0.717) is 5.56 Å². The fourth-order valence-corrected chi connectivity index (χ4v) is 0.891. The van der Waals surface area contributed by atoms with Crippen LogP contribution in [0.1, 0.15) is 20.8 Å². The molecule has 1 aromatic heterocycles. The number of methoxy groups -OCH3 is 1. The summed E-state index contributed by atoms with van der Waals surface area (Å²) in [6, 6.07) is 2.88. The second-order valence-electron chi connectivity index (χ2n) is 2.23. The van der Waals surface area contributed by atoms with Gasteiger partial charge in [0, 0.05) is 6.20 Å². The van der Waals surface area contributed by atoms with Crippen molar-refractivity contribution in [2.75, 3.05) is 7.11 Å². The van der Waals surface area contributed by atoms with Crippen LogP contribution in [-0.2, 0) is 4.74 Å². The van der Waals surface area contributed by atoms with E-state index in [-0.39, 0.29) is 5.69 Å². The molecule has 0 spiro atoms. The van der Waals surface area contributed by atoms with Crippen molar-refractivity contribution in [3.63, 3.8) is 0 Å². The molecular formula is C8H7NO3S. The van der Waals surface area contributed by atoms with Crippen molar-refractivity contribution in [2.45, 2.75) is 0 Å². The maximum absolute atomic E-state index is 10.9. The first-order valence-electron chi connectivity index (χ1n) is 3.43. The second-order valence-corrected chi connectivity index (χ2v) is 2.64. The van der Waals surface area contributed by atoms with E-state index < -0.39 is 11.1 Å². The minimum absolute atomic E-state index is 0.205. The van der Waals surface area contributed by atoms with Crippen LogP contribution in [0.5, 0.6) is 0 Å². The number of thiol groups is 1. The van der Waals surface area contributed by atoms with E-state index in [1.807, 2.05) is 0 Å². The lowest BCUT2D eigenvalue weighted by atomic mass is 10.2. The molecule has 68 valence electrons. The van der Waals surface area contributed by atoms with Crippen LogP contribution >= 0.6 is 12.6 Å². The van der Waals surface area contributed by atoms with Crippen molar-refractivity contribution in [2.24, 2.45) is 0 Å². The summed E-state index contributed by atoms with van der Waals surface area (Å²) in [5.74, 6) is -0.481. The molecule has 0 aliphatic rings. The molecule has 0 unspecified atom stereocenters. The van der Waals surface area contributed by atoms with E-state index in [1.165, 1.54) is 25.4 Å². The lowest BCUT2D eigenvalue weighted by Crippen LogP contribution is -2.03. The quantitative estimate of drug-likeness (QED) is 0.566. The standard InChI is InChI=1S/C8H7NO3S/c1-12-7(10)5-2-3-6(8(11)13)9-4-5/h2-4H,1H3,(H,11,13). The summed E-state index contributed by atoms with van der Waals surface area (Å²) >= 11 is 3.58. The number of esters is 1. The topological polar surface area (TPSA) is 56.3 Å². The van der Waals surface area contributed by atoms with Gasteiger partial charge in [0.2, 0.25) is 5.12 Å². The zero-order valence-corrected chi connectivity index (χ0v) is 7.75. The number of carbonyl (C=O) groups is 2. The van der Waals surface area contributed by atoms with Crippen LogP contribution in [0.25, 0.3) is 0 Å². The third-order valence-electron chi connectivity index (χ3n) is 1.40. The van der Waals surface area contributed by atoms with Gasteiger partial charge < -0.3 is 4.74 Å². The van der Waals surface area contributed by atoms with Gasteiger partial charge in [-0.15, -0.1) is 0 Å². The molecule has 0 aromatic carbocycles. The predicted octanol–water partition coefficient (Wildman–Crippen LogP) is 0.938. The van der Waals surface area contributed by atoms with Crippen molar-refractivity contribution in [3.8, 4) is 0 Å². The van der Waals surface area contributed by atoms with Gasteiger partial charge in [-0.1, -0.05) is 12.6 Å². The summed E-state index contributed by atoms with van der Waals surface area (Å²) in [5.41, 5.74) is 0.511. The monoisotopic (exact) mass is 197 g/mol. The number of nitrogens with zero attached hydrogens (tertiary/aromatic N) is 1. The van der Waals surface area contributed by atoms with Crippen LogP contribution in [0, 0.1) is 0 Å². The van der Waals surface area contributed by atoms with Crippen LogP contribution < -0.4 is 0 Å². The van der Waals surface area contributed by atoms with Crippen molar-refractivity contribution in [3.05, 3.63) is 29.6 Å². The number of hydrogen-bond donors (Lipinski definition) is 1. The Morgan fingerprint density at radius 1 is 1.46 bits per heavy atom. The Morgan fingerprint density at radius 2 is 2.15 bits per heavy atom. The molecule has 0 fully saturated rings. The minimum Gasteiger partial charge on any atom is -0.465 e. The Labute approximate surface area is 80.3 Å². The molecule has 1 aromatic rings. The van der Waals surface area contributed by atoms with Gasteiger partial charge in [-0.05, 0) is 12.1 Å². The highest BCUT2D eigenvalue weighted by atomic mass is 32.1. The molecular weight excluding hydrogens is 190 g/mol.